The van der Waals surface area contributed by atoms with Gasteiger partial charge in [-0.1, -0.05) is 33.6 Å². The molecule has 1 unspecified atom stereocenters. The number of hydrogen-bond donors (Lipinski definition) is 1. The van der Waals surface area contributed by atoms with Crippen molar-refractivity contribution in [2.45, 2.75) is 6.04 Å². The van der Waals surface area contributed by atoms with Gasteiger partial charge in [-0.15, -0.1) is 0 Å². The lowest BCUT2D eigenvalue weighted by Crippen LogP contribution is -2.14. The molecule has 0 amide bonds. The summed E-state index contributed by atoms with van der Waals surface area (Å²) in [6.07, 6.45) is 0. The van der Waals surface area contributed by atoms with Crippen molar-refractivity contribution in [3.8, 4) is 5.75 Å². The summed E-state index contributed by atoms with van der Waals surface area (Å²) in [6.45, 7) is 0. The summed E-state index contributed by atoms with van der Waals surface area (Å²) >= 11 is 9.43. The first kappa shape index (κ1) is 14.3. The van der Waals surface area contributed by atoms with Crippen molar-refractivity contribution in [2.24, 2.45) is 5.73 Å². The molecular formula is C14H12BrClFNO. The first-order valence-electron chi connectivity index (χ1n) is 5.57. The molecule has 0 aliphatic rings. The van der Waals surface area contributed by atoms with Gasteiger partial charge in [0.05, 0.1) is 13.2 Å². The van der Waals surface area contributed by atoms with E-state index in [4.69, 9.17) is 22.1 Å². The molecule has 2 aromatic carbocycles. The molecule has 0 aromatic heterocycles. The largest absolute Gasteiger partial charge is 0.496 e. The number of hydrogen-bond acceptors (Lipinski definition) is 2. The molecule has 5 heteroatoms. The molecule has 0 fully saturated rings. The van der Waals surface area contributed by atoms with Gasteiger partial charge in [0, 0.05) is 15.1 Å². The van der Waals surface area contributed by atoms with E-state index in [-0.39, 0.29) is 5.82 Å². The van der Waals surface area contributed by atoms with Crippen molar-refractivity contribution in [3.05, 3.63) is 62.8 Å². The molecule has 2 N–H and O–H groups in total. The van der Waals surface area contributed by atoms with Gasteiger partial charge in [-0.25, -0.2) is 4.39 Å². The molecule has 0 saturated heterocycles. The van der Waals surface area contributed by atoms with Crippen LogP contribution in [0.25, 0.3) is 0 Å². The van der Waals surface area contributed by atoms with Gasteiger partial charge in [-0.2, -0.15) is 0 Å². The predicted molar refractivity (Wildman–Crippen MR) is 78.1 cm³/mol. The normalized spacial score (nSPS) is 12.3. The number of nitrogens with two attached hydrogens (primary N) is 1. The smallest absolute Gasteiger partial charge is 0.125 e. The van der Waals surface area contributed by atoms with E-state index in [1.165, 1.54) is 18.2 Å². The molecule has 2 aromatic rings. The Hall–Kier alpha value is -1.10. The lowest BCUT2D eigenvalue weighted by atomic mass is 9.98. The third kappa shape index (κ3) is 3.08. The van der Waals surface area contributed by atoms with Gasteiger partial charge < -0.3 is 10.5 Å². The average molecular weight is 345 g/mol. The molecule has 0 spiro atoms. The number of benzene rings is 2. The number of halogens is 3. The third-order valence-electron chi connectivity index (χ3n) is 2.82. The third-order valence-corrected chi connectivity index (χ3v) is 3.66. The molecule has 0 aliphatic heterocycles. The average Bonchev–Trinajstić information content (AvgIpc) is 2.40. The highest BCUT2D eigenvalue weighted by molar-refractivity contribution is 9.10. The minimum atomic E-state index is -0.550. The number of methoxy groups -OCH3 is 1. The summed E-state index contributed by atoms with van der Waals surface area (Å²) in [6, 6.07) is 9.08. The van der Waals surface area contributed by atoms with Crippen molar-refractivity contribution in [2.75, 3.05) is 7.11 Å². The van der Waals surface area contributed by atoms with Crippen molar-refractivity contribution >= 4 is 27.5 Å². The highest BCUT2D eigenvalue weighted by atomic mass is 79.9. The van der Waals surface area contributed by atoms with Gasteiger partial charge in [-0.3, -0.25) is 0 Å². The van der Waals surface area contributed by atoms with Crippen LogP contribution in [0.15, 0.2) is 40.9 Å². The first-order valence-corrected chi connectivity index (χ1v) is 6.74. The van der Waals surface area contributed by atoms with Crippen molar-refractivity contribution in [1.29, 1.82) is 0 Å². The van der Waals surface area contributed by atoms with Gasteiger partial charge in [0.25, 0.3) is 0 Å². The van der Waals surface area contributed by atoms with Gasteiger partial charge in [0.2, 0.25) is 0 Å². The molecular weight excluding hydrogens is 333 g/mol. The maximum atomic E-state index is 13.3. The molecule has 100 valence electrons. The van der Waals surface area contributed by atoms with Crippen LogP contribution in [0.3, 0.4) is 0 Å². The second-order valence-electron chi connectivity index (χ2n) is 4.03. The molecule has 2 rings (SSSR count). The maximum Gasteiger partial charge on any atom is 0.125 e. The summed E-state index contributed by atoms with van der Waals surface area (Å²) in [5.74, 6) is 0.258. The van der Waals surface area contributed by atoms with Crippen LogP contribution in [0.4, 0.5) is 4.39 Å². The van der Waals surface area contributed by atoms with Crippen LogP contribution in [0, 0.1) is 5.82 Å². The van der Waals surface area contributed by atoms with E-state index in [0.717, 1.165) is 10.0 Å². The first-order chi connectivity index (χ1) is 9.02. The minimum Gasteiger partial charge on any atom is -0.496 e. The zero-order chi connectivity index (χ0) is 14.0. The molecule has 1 atom stereocenters. The Morgan fingerprint density at radius 2 is 1.95 bits per heavy atom. The summed E-state index contributed by atoms with van der Waals surface area (Å²) < 4.78 is 19.5. The van der Waals surface area contributed by atoms with E-state index in [0.29, 0.717) is 16.3 Å². The van der Waals surface area contributed by atoms with Crippen molar-refractivity contribution < 1.29 is 9.13 Å². The quantitative estimate of drug-likeness (QED) is 0.901. The molecule has 0 bridgehead atoms. The molecule has 0 heterocycles. The lowest BCUT2D eigenvalue weighted by molar-refractivity contribution is 0.407. The van der Waals surface area contributed by atoms with Gasteiger partial charge in [0.1, 0.15) is 11.6 Å². The van der Waals surface area contributed by atoms with Crippen LogP contribution in [0.5, 0.6) is 5.75 Å². The molecule has 2 nitrogen and oxygen atoms in total. The lowest BCUT2D eigenvalue weighted by Gasteiger charge is -2.17. The summed E-state index contributed by atoms with van der Waals surface area (Å²) in [5.41, 5.74) is 7.44. The van der Waals surface area contributed by atoms with Gasteiger partial charge in [0.15, 0.2) is 0 Å². The van der Waals surface area contributed by atoms with Crippen LogP contribution >= 0.6 is 27.5 Å². The Morgan fingerprint density at radius 3 is 2.63 bits per heavy atom. The monoisotopic (exact) mass is 343 g/mol. The van der Waals surface area contributed by atoms with E-state index in [9.17, 15) is 4.39 Å². The van der Waals surface area contributed by atoms with E-state index in [2.05, 4.69) is 15.9 Å². The van der Waals surface area contributed by atoms with E-state index in [1.807, 2.05) is 18.2 Å². The molecule has 0 saturated carbocycles. The molecule has 19 heavy (non-hydrogen) atoms. The van der Waals surface area contributed by atoms with Crippen molar-refractivity contribution in [3.63, 3.8) is 0 Å². The Morgan fingerprint density at radius 1 is 1.21 bits per heavy atom. The summed E-state index contributed by atoms with van der Waals surface area (Å²) in [4.78, 5) is 0. The zero-order valence-corrected chi connectivity index (χ0v) is 12.5. The number of ether oxygens (including phenoxy) is 1. The fraction of sp³-hybridized carbons (Fsp3) is 0.143. The SMILES string of the molecule is COc1cc(Br)ccc1C(N)c1cc(F)ccc1Cl. The standard InChI is InChI=1S/C14H12BrClFNO/c1-19-13-6-8(15)2-4-10(13)14(18)11-7-9(17)3-5-12(11)16/h2-7,14H,18H2,1H3. The topological polar surface area (TPSA) is 35.2 Å². The Bertz CT molecular complexity index is 606. The Labute approximate surface area is 124 Å². The van der Waals surface area contributed by atoms with Crippen LogP contribution in [0.2, 0.25) is 5.02 Å². The Kier molecular flexibility index (Phi) is 4.45. The second kappa shape index (κ2) is 5.90. The van der Waals surface area contributed by atoms with E-state index in [1.54, 1.807) is 7.11 Å². The van der Waals surface area contributed by atoms with Crippen LogP contribution in [-0.4, -0.2) is 7.11 Å². The summed E-state index contributed by atoms with van der Waals surface area (Å²) in [5, 5.41) is 0.430. The van der Waals surface area contributed by atoms with Crippen LogP contribution < -0.4 is 10.5 Å². The van der Waals surface area contributed by atoms with Gasteiger partial charge >= 0.3 is 0 Å². The van der Waals surface area contributed by atoms with Crippen molar-refractivity contribution in [1.82, 2.24) is 0 Å². The highest BCUT2D eigenvalue weighted by Gasteiger charge is 2.17. The number of rotatable bonds is 3. The van der Waals surface area contributed by atoms with Crippen LogP contribution in [0.1, 0.15) is 17.2 Å². The summed E-state index contributed by atoms with van der Waals surface area (Å²) in [7, 11) is 1.56. The molecule has 0 aliphatic carbocycles. The Balaban J connectivity index is 2.49. The van der Waals surface area contributed by atoms with E-state index >= 15 is 0 Å². The second-order valence-corrected chi connectivity index (χ2v) is 5.35. The van der Waals surface area contributed by atoms with Gasteiger partial charge in [-0.05, 0) is 35.9 Å². The predicted octanol–water partition coefficient (Wildman–Crippen LogP) is 4.30. The zero-order valence-electron chi connectivity index (χ0n) is 10.2. The fourth-order valence-electron chi connectivity index (χ4n) is 1.86. The van der Waals surface area contributed by atoms with E-state index < -0.39 is 6.04 Å². The highest BCUT2D eigenvalue weighted by Crippen LogP contribution is 2.33. The minimum absolute atomic E-state index is 0.370. The fourth-order valence-corrected chi connectivity index (χ4v) is 2.44. The molecule has 0 radical (unpaired) electrons. The maximum absolute atomic E-state index is 13.3. The van der Waals surface area contributed by atoms with Crippen LogP contribution in [-0.2, 0) is 0 Å².